The van der Waals surface area contributed by atoms with E-state index in [1.165, 1.54) is 0 Å². The number of nitrogens with one attached hydrogen (secondary N) is 1. The van der Waals surface area contributed by atoms with E-state index >= 15 is 0 Å². The number of likely N-dealkylation sites (tertiary alicyclic amines) is 1. The highest BCUT2D eigenvalue weighted by Gasteiger charge is 2.28. The molecular weight excluding hydrogens is 316 g/mol. The number of nitrogens with zero attached hydrogens (tertiary/aromatic N) is 3. The minimum Gasteiger partial charge on any atom is -0.378 e. The molecule has 2 amide bonds. The quantitative estimate of drug-likeness (QED) is 0.923. The summed E-state index contributed by atoms with van der Waals surface area (Å²) in [6.07, 6.45) is 3.98. The van der Waals surface area contributed by atoms with Crippen molar-refractivity contribution >= 4 is 17.5 Å². The van der Waals surface area contributed by atoms with Crippen molar-refractivity contribution in [2.24, 2.45) is 0 Å². The van der Waals surface area contributed by atoms with Crippen LogP contribution in [0.2, 0.25) is 0 Å². The first kappa shape index (κ1) is 17.0. The van der Waals surface area contributed by atoms with Crippen molar-refractivity contribution in [2.45, 2.75) is 12.5 Å². The van der Waals surface area contributed by atoms with E-state index in [-0.39, 0.29) is 17.9 Å². The zero-order chi connectivity index (χ0) is 17.8. The first-order valence-electron chi connectivity index (χ1n) is 8.32. The minimum absolute atomic E-state index is 0.0190. The number of hydrogen-bond acceptors (Lipinski definition) is 4. The predicted octanol–water partition coefficient (Wildman–Crippen LogP) is 1.79. The Morgan fingerprint density at radius 2 is 1.76 bits per heavy atom. The van der Waals surface area contributed by atoms with Gasteiger partial charge < -0.3 is 15.1 Å². The normalized spacial score (nSPS) is 16.6. The molecule has 6 heteroatoms. The van der Waals surface area contributed by atoms with Crippen molar-refractivity contribution < 1.29 is 9.59 Å². The summed E-state index contributed by atoms with van der Waals surface area (Å²) < 4.78 is 0. The number of aromatic nitrogens is 1. The third-order valence-corrected chi connectivity index (χ3v) is 4.38. The summed E-state index contributed by atoms with van der Waals surface area (Å²) in [5.74, 6) is -0.122. The fourth-order valence-corrected chi connectivity index (χ4v) is 2.92. The second kappa shape index (κ2) is 7.34. The maximum absolute atomic E-state index is 12.4. The van der Waals surface area contributed by atoms with Crippen LogP contribution in [-0.4, -0.2) is 54.9 Å². The summed E-state index contributed by atoms with van der Waals surface area (Å²) in [6, 6.07) is 10.9. The van der Waals surface area contributed by atoms with Gasteiger partial charge in [0.15, 0.2) is 0 Å². The second-order valence-electron chi connectivity index (χ2n) is 6.39. The molecule has 6 nitrogen and oxygen atoms in total. The Balaban J connectivity index is 1.57. The molecule has 3 rings (SSSR count). The predicted molar refractivity (Wildman–Crippen MR) is 96.8 cm³/mol. The van der Waals surface area contributed by atoms with E-state index in [0.29, 0.717) is 24.2 Å². The lowest BCUT2D eigenvalue weighted by Gasteiger charge is -2.17. The van der Waals surface area contributed by atoms with E-state index in [1.54, 1.807) is 29.4 Å². The lowest BCUT2D eigenvalue weighted by atomic mass is 10.1. The van der Waals surface area contributed by atoms with Crippen LogP contribution in [0.4, 0.5) is 5.69 Å². The van der Waals surface area contributed by atoms with Crippen LogP contribution in [0.1, 0.15) is 27.1 Å². The lowest BCUT2D eigenvalue weighted by Crippen LogP contribution is -2.38. The number of rotatable bonds is 4. The van der Waals surface area contributed by atoms with Gasteiger partial charge in [-0.3, -0.25) is 14.6 Å². The Morgan fingerprint density at radius 1 is 1.08 bits per heavy atom. The number of benzene rings is 1. The van der Waals surface area contributed by atoms with Crippen LogP contribution in [0.15, 0.2) is 48.8 Å². The molecule has 1 fully saturated rings. The highest BCUT2D eigenvalue weighted by molar-refractivity contribution is 5.96. The Hall–Kier alpha value is -2.89. The molecule has 1 N–H and O–H groups in total. The van der Waals surface area contributed by atoms with Gasteiger partial charge in [0, 0.05) is 62.4 Å². The van der Waals surface area contributed by atoms with Crippen LogP contribution in [0.3, 0.4) is 0 Å². The average molecular weight is 338 g/mol. The number of amides is 2. The Morgan fingerprint density at radius 3 is 2.40 bits per heavy atom. The molecule has 1 saturated heterocycles. The molecular formula is C19H22N4O2. The molecule has 1 aromatic carbocycles. The molecule has 0 bridgehead atoms. The maximum Gasteiger partial charge on any atom is 0.254 e. The summed E-state index contributed by atoms with van der Waals surface area (Å²) in [7, 11) is 3.92. The summed E-state index contributed by atoms with van der Waals surface area (Å²) in [6.45, 7) is 1.17. The van der Waals surface area contributed by atoms with Gasteiger partial charge in [0.1, 0.15) is 0 Å². The molecule has 1 aliphatic heterocycles. The van der Waals surface area contributed by atoms with Gasteiger partial charge in [-0.1, -0.05) is 0 Å². The molecule has 1 atom stereocenters. The topological polar surface area (TPSA) is 65.5 Å². The first-order valence-corrected chi connectivity index (χ1v) is 8.32. The molecule has 0 aliphatic carbocycles. The van der Waals surface area contributed by atoms with Crippen LogP contribution < -0.4 is 10.2 Å². The number of carbonyl (C=O) groups excluding carboxylic acids is 2. The van der Waals surface area contributed by atoms with Crippen molar-refractivity contribution in [3.63, 3.8) is 0 Å². The third-order valence-electron chi connectivity index (χ3n) is 4.38. The fraction of sp³-hybridized carbons (Fsp3) is 0.316. The summed E-state index contributed by atoms with van der Waals surface area (Å²) in [4.78, 5) is 32.5. The summed E-state index contributed by atoms with van der Waals surface area (Å²) in [5.41, 5.74) is 2.30. The second-order valence-corrected chi connectivity index (χ2v) is 6.39. The Labute approximate surface area is 147 Å². The van der Waals surface area contributed by atoms with E-state index in [1.807, 2.05) is 43.3 Å². The smallest absolute Gasteiger partial charge is 0.254 e. The number of carbonyl (C=O) groups is 2. The van der Waals surface area contributed by atoms with Gasteiger partial charge >= 0.3 is 0 Å². The van der Waals surface area contributed by atoms with E-state index in [4.69, 9.17) is 0 Å². The standard InChI is InChI=1S/C19H22N4O2/c1-22(2)17-5-3-14(4-6-17)18(24)21-16-9-12-23(13-16)19(25)15-7-10-20-11-8-15/h3-8,10-11,16H,9,12-13H2,1-2H3,(H,21,24)/t16-/m1/s1. The van der Waals surface area contributed by atoms with Crippen molar-refractivity contribution in [2.75, 3.05) is 32.1 Å². The fourth-order valence-electron chi connectivity index (χ4n) is 2.92. The van der Waals surface area contributed by atoms with Crippen molar-refractivity contribution in [1.29, 1.82) is 0 Å². The highest BCUT2D eigenvalue weighted by atomic mass is 16.2. The Bertz CT molecular complexity index is 744. The zero-order valence-electron chi connectivity index (χ0n) is 14.5. The highest BCUT2D eigenvalue weighted by Crippen LogP contribution is 2.15. The Kier molecular flexibility index (Phi) is 4.97. The molecule has 0 spiro atoms. The van der Waals surface area contributed by atoms with Crippen LogP contribution >= 0.6 is 0 Å². The zero-order valence-corrected chi connectivity index (χ0v) is 14.5. The molecule has 2 aromatic rings. The number of hydrogen-bond donors (Lipinski definition) is 1. The van der Waals surface area contributed by atoms with Crippen LogP contribution in [0.5, 0.6) is 0 Å². The average Bonchev–Trinajstić information content (AvgIpc) is 3.10. The van der Waals surface area contributed by atoms with Gasteiger partial charge in [-0.05, 0) is 42.8 Å². The van der Waals surface area contributed by atoms with Crippen molar-refractivity contribution in [3.05, 3.63) is 59.9 Å². The van der Waals surface area contributed by atoms with Crippen LogP contribution in [0, 0.1) is 0 Å². The van der Waals surface area contributed by atoms with Gasteiger partial charge in [-0.15, -0.1) is 0 Å². The van der Waals surface area contributed by atoms with E-state index in [0.717, 1.165) is 12.1 Å². The lowest BCUT2D eigenvalue weighted by molar-refractivity contribution is 0.0783. The first-order chi connectivity index (χ1) is 12.0. The molecule has 2 heterocycles. The molecule has 0 unspecified atom stereocenters. The van der Waals surface area contributed by atoms with Gasteiger partial charge in [0.05, 0.1) is 0 Å². The SMILES string of the molecule is CN(C)c1ccc(C(=O)N[C@@H]2CCN(C(=O)c3ccncc3)C2)cc1. The van der Waals surface area contributed by atoms with Crippen LogP contribution in [-0.2, 0) is 0 Å². The molecule has 25 heavy (non-hydrogen) atoms. The van der Waals surface area contributed by atoms with E-state index in [2.05, 4.69) is 10.3 Å². The van der Waals surface area contributed by atoms with Gasteiger partial charge in [-0.25, -0.2) is 0 Å². The molecule has 130 valence electrons. The minimum atomic E-state index is -0.103. The van der Waals surface area contributed by atoms with E-state index in [9.17, 15) is 9.59 Å². The van der Waals surface area contributed by atoms with Gasteiger partial charge in [-0.2, -0.15) is 0 Å². The van der Waals surface area contributed by atoms with Gasteiger partial charge in [0.2, 0.25) is 0 Å². The van der Waals surface area contributed by atoms with Crippen LogP contribution in [0.25, 0.3) is 0 Å². The van der Waals surface area contributed by atoms with Crippen molar-refractivity contribution in [3.8, 4) is 0 Å². The molecule has 1 aromatic heterocycles. The van der Waals surface area contributed by atoms with E-state index < -0.39 is 0 Å². The molecule has 0 saturated carbocycles. The number of anilines is 1. The number of pyridine rings is 1. The third kappa shape index (κ3) is 3.96. The monoisotopic (exact) mass is 338 g/mol. The summed E-state index contributed by atoms with van der Waals surface area (Å²) in [5, 5.41) is 3.02. The maximum atomic E-state index is 12.4. The van der Waals surface area contributed by atoms with Gasteiger partial charge in [0.25, 0.3) is 11.8 Å². The molecule has 1 aliphatic rings. The largest absolute Gasteiger partial charge is 0.378 e. The van der Waals surface area contributed by atoms with Crippen molar-refractivity contribution in [1.82, 2.24) is 15.2 Å². The molecule has 0 radical (unpaired) electrons. The summed E-state index contributed by atoms with van der Waals surface area (Å²) >= 11 is 0.